The molecule has 0 spiro atoms. The van der Waals surface area contributed by atoms with E-state index in [0.29, 0.717) is 0 Å². The third-order valence-corrected chi connectivity index (χ3v) is 4.74. The van der Waals surface area contributed by atoms with Gasteiger partial charge in [-0.25, -0.2) is 0 Å². The molecule has 0 aliphatic rings. The van der Waals surface area contributed by atoms with E-state index >= 15 is 0 Å². The van der Waals surface area contributed by atoms with Crippen LogP contribution in [0.25, 0.3) is 10.8 Å². The summed E-state index contributed by atoms with van der Waals surface area (Å²) < 4.78 is 5.83. The molecule has 0 radical (unpaired) electrons. The fraction of sp³-hybridized carbons (Fsp3) is 0.444. The Kier molecular flexibility index (Phi) is 5.34. The molecule has 0 bridgehead atoms. The van der Waals surface area contributed by atoms with E-state index in [-0.39, 0.29) is 11.6 Å². The molecule has 0 aliphatic carbocycles. The van der Waals surface area contributed by atoms with Crippen molar-refractivity contribution in [2.75, 3.05) is 7.11 Å². The normalized spacial score (nSPS) is 13.5. The summed E-state index contributed by atoms with van der Waals surface area (Å²) in [6.07, 6.45) is 2.71. The van der Waals surface area contributed by atoms with Crippen LogP contribution in [0, 0.1) is 0 Å². The van der Waals surface area contributed by atoms with E-state index in [1.54, 1.807) is 7.11 Å². The summed E-state index contributed by atoms with van der Waals surface area (Å²) >= 11 is 0. The molecule has 2 aromatic carbocycles. The van der Waals surface area contributed by atoms with Crippen molar-refractivity contribution in [3.8, 4) is 0 Å². The molecule has 0 fully saturated rings. The highest BCUT2D eigenvalue weighted by Crippen LogP contribution is 2.28. The summed E-state index contributed by atoms with van der Waals surface area (Å²) in [6.45, 7) is 4.31. The van der Waals surface area contributed by atoms with Gasteiger partial charge in [0, 0.05) is 7.11 Å². The quantitative estimate of drug-likeness (QED) is 0.605. The molecule has 0 aromatic heterocycles. The second-order valence-corrected chi connectivity index (χ2v) is 5.54. The van der Waals surface area contributed by atoms with Crippen molar-refractivity contribution < 1.29 is 4.74 Å². The standard InChI is InChI=1S/C18H26N2O/c1-4-18(5-2,21-3)17(20-19)13-15-11-8-10-14-9-6-7-12-16(14)15/h6-12,17,20H,4-5,13,19H2,1-3H3. The van der Waals surface area contributed by atoms with Gasteiger partial charge in [0.25, 0.3) is 0 Å². The zero-order chi connectivity index (χ0) is 15.3. The minimum atomic E-state index is -0.230. The number of hydrogen-bond acceptors (Lipinski definition) is 3. The van der Waals surface area contributed by atoms with E-state index in [0.717, 1.165) is 19.3 Å². The van der Waals surface area contributed by atoms with Crippen LogP contribution in [-0.4, -0.2) is 18.8 Å². The van der Waals surface area contributed by atoms with E-state index in [1.807, 2.05) is 0 Å². The van der Waals surface area contributed by atoms with Gasteiger partial charge < -0.3 is 4.74 Å². The van der Waals surface area contributed by atoms with Crippen LogP contribution in [0.5, 0.6) is 0 Å². The Hall–Kier alpha value is -1.42. The Morgan fingerprint density at radius 2 is 1.76 bits per heavy atom. The maximum absolute atomic E-state index is 5.85. The van der Waals surface area contributed by atoms with E-state index in [9.17, 15) is 0 Å². The van der Waals surface area contributed by atoms with Crippen molar-refractivity contribution in [2.45, 2.75) is 44.8 Å². The third kappa shape index (κ3) is 3.10. The minimum absolute atomic E-state index is 0.0864. The Morgan fingerprint density at radius 3 is 2.38 bits per heavy atom. The molecule has 0 saturated heterocycles. The van der Waals surface area contributed by atoms with Crippen molar-refractivity contribution in [1.29, 1.82) is 0 Å². The van der Waals surface area contributed by atoms with Crippen LogP contribution >= 0.6 is 0 Å². The first-order valence-electron chi connectivity index (χ1n) is 7.68. The topological polar surface area (TPSA) is 47.3 Å². The number of fused-ring (bicyclic) bond motifs is 1. The van der Waals surface area contributed by atoms with Gasteiger partial charge in [0.2, 0.25) is 0 Å². The second-order valence-electron chi connectivity index (χ2n) is 5.54. The number of ether oxygens (including phenoxy) is 1. The summed E-state index contributed by atoms with van der Waals surface area (Å²) in [5.74, 6) is 5.85. The monoisotopic (exact) mass is 286 g/mol. The number of methoxy groups -OCH3 is 1. The van der Waals surface area contributed by atoms with E-state index in [2.05, 4.69) is 61.7 Å². The van der Waals surface area contributed by atoms with Crippen molar-refractivity contribution in [3.05, 3.63) is 48.0 Å². The number of nitrogens with two attached hydrogens (primary N) is 1. The average Bonchev–Trinajstić information content (AvgIpc) is 2.56. The molecule has 0 saturated carbocycles. The van der Waals surface area contributed by atoms with Crippen LogP contribution in [-0.2, 0) is 11.2 Å². The van der Waals surface area contributed by atoms with Crippen LogP contribution in [0.15, 0.2) is 42.5 Å². The lowest BCUT2D eigenvalue weighted by Gasteiger charge is -2.38. The molecule has 114 valence electrons. The number of nitrogens with one attached hydrogen (secondary N) is 1. The Morgan fingerprint density at radius 1 is 1.10 bits per heavy atom. The average molecular weight is 286 g/mol. The lowest BCUT2D eigenvalue weighted by atomic mass is 9.84. The third-order valence-electron chi connectivity index (χ3n) is 4.74. The number of benzene rings is 2. The van der Waals surface area contributed by atoms with Crippen molar-refractivity contribution in [3.63, 3.8) is 0 Å². The SMILES string of the molecule is CCC(CC)(OC)C(Cc1cccc2ccccc12)NN. The fourth-order valence-corrected chi connectivity index (χ4v) is 3.26. The van der Waals surface area contributed by atoms with Crippen molar-refractivity contribution >= 4 is 10.8 Å². The summed E-state index contributed by atoms with van der Waals surface area (Å²) in [4.78, 5) is 0. The highest BCUT2D eigenvalue weighted by atomic mass is 16.5. The molecule has 1 atom stereocenters. The molecule has 0 aliphatic heterocycles. The maximum atomic E-state index is 5.85. The van der Waals surface area contributed by atoms with Crippen LogP contribution < -0.4 is 11.3 Å². The number of hydrazine groups is 1. The highest BCUT2D eigenvalue weighted by molar-refractivity contribution is 5.85. The summed E-state index contributed by atoms with van der Waals surface area (Å²) in [7, 11) is 1.78. The zero-order valence-electron chi connectivity index (χ0n) is 13.2. The first-order chi connectivity index (χ1) is 10.2. The Bertz CT molecular complexity index is 565. The molecule has 3 N–H and O–H groups in total. The van der Waals surface area contributed by atoms with Gasteiger partial charge in [-0.1, -0.05) is 56.3 Å². The fourth-order valence-electron chi connectivity index (χ4n) is 3.26. The van der Waals surface area contributed by atoms with Gasteiger partial charge in [-0.05, 0) is 35.6 Å². The Balaban J connectivity index is 2.37. The van der Waals surface area contributed by atoms with Gasteiger partial charge in [0.15, 0.2) is 0 Å². The number of hydrogen-bond donors (Lipinski definition) is 2. The largest absolute Gasteiger partial charge is 0.377 e. The molecule has 0 amide bonds. The summed E-state index contributed by atoms with van der Waals surface area (Å²) in [5.41, 5.74) is 4.06. The predicted molar refractivity (Wildman–Crippen MR) is 89.1 cm³/mol. The highest BCUT2D eigenvalue weighted by Gasteiger charge is 2.35. The molecule has 3 nitrogen and oxygen atoms in total. The van der Waals surface area contributed by atoms with Gasteiger partial charge in [-0.15, -0.1) is 0 Å². The van der Waals surface area contributed by atoms with Gasteiger partial charge >= 0.3 is 0 Å². The molecular formula is C18H26N2O. The summed E-state index contributed by atoms with van der Waals surface area (Å²) in [6, 6.07) is 15.0. The maximum Gasteiger partial charge on any atom is 0.0842 e. The van der Waals surface area contributed by atoms with Gasteiger partial charge in [-0.3, -0.25) is 11.3 Å². The Labute approximate surface area is 127 Å². The molecule has 2 rings (SSSR count). The molecule has 3 heteroatoms. The van der Waals surface area contributed by atoms with Gasteiger partial charge in [0.05, 0.1) is 11.6 Å². The summed E-state index contributed by atoms with van der Waals surface area (Å²) in [5, 5.41) is 2.55. The first kappa shape index (κ1) is 16.0. The minimum Gasteiger partial charge on any atom is -0.377 e. The van der Waals surface area contributed by atoms with E-state index in [4.69, 9.17) is 10.6 Å². The second kappa shape index (κ2) is 7.03. The smallest absolute Gasteiger partial charge is 0.0842 e. The van der Waals surface area contributed by atoms with Crippen LogP contribution in [0.1, 0.15) is 32.3 Å². The first-order valence-corrected chi connectivity index (χ1v) is 7.68. The van der Waals surface area contributed by atoms with Gasteiger partial charge in [-0.2, -0.15) is 0 Å². The van der Waals surface area contributed by atoms with Crippen molar-refractivity contribution in [2.24, 2.45) is 5.84 Å². The number of rotatable bonds is 7. The molecule has 0 heterocycles. The predicted octanol–water partition coefficient (Wildman–Crippen LogP) is 3.42. The van der Waals surface area contributed by atoms with Gasteiger partial charge in [0.1, 0.15) is 0 Å². The van der Waals surface area contributed by atoms with Crippen LogP contribution in [0.3, 0.4) is 0 Å². The lowest BCUT2D eigenvalue weighted by Crippen LogP contribution is -2.55. The van der Waals surface area contributed by atoms with Crippen LogP contribution in [0.2, 0.25) is 0 Å². The van der Waals surface area contributed by atoms with Crippen molar-refractivity contribution in [1.82, 2.24) is 5.43 Å². The molecule has 2 aromatic rings. The zero-order valence-corrected chi connectivity index (χ0v) is 13.2. The lowest BCUT2D eigenvalue weighted by molar-refractivity contribution is -0.0472. The van der Waals surface area contributed by atoms with E-state index < -0.39 is 0 Å². The molecule has 1 unspecified atom stereocenters. The molecular weight excluding hydrogens is 260 g/mol. The molecule has 21 heavy (non-hydrogen) atoms. The van der Waals surface area contributed by atoms with E-state index in [1.165, 1.54) is 16.3 Å². The van der Waals surface area contributed by atoms with Crippen LogP contribution in [0.4, 0.5) is 0 Å².